The molecule has 0 atom stereocenters. The topological polar surface area (TPSA) is 71.3 Å². The van der Waals surface area contributed by atoms with Crippen molar-refractivity contribution in [3.8, 4) is 0 Å². The van der Waals surface area contributed by atoms with Crippen LogP contribution in [0.5, 0.6) is 0 Å². The van der Waals surface area contributed by atoms with E-state index in [1.807, 2.05) is 0 Å². The second kappa shape index (κ2) is 6.95. The zero-order valence-corrected chi connectivity index (χ0v) is 17.3. The number of hydrogen-bond donors (Lipinski definition) is 0. The summed E-state index contributed by atoms with van der Waals surface area (Å²) in [4.78, 5) is 36.0. The summed E-state index contributed by atoms with van der Waals surface area (Å²) in [5, 5.41) is 1.38. The minimum absolute atomic E-state index is 0.0176. The molecular formula is C17H19ClIN5O2. The van der Waals surface area contributed by atoms with Gasteiger partial charge in [-0.05, 0) is 48.3 Å². The molecule has 4 rings (SSSR count). The number of amides is 2. The van der Waals surface area contributed by atoms with Crippen molar-refractivity contribution in [1.29, 1.82) is 0 Å². The molecule has 0 aromatic carbocycles. The van der Waals surface area contributed by atoms with Crippen LogP contribution in [-0.4, -0.2) is 62.3 Å². The highest BCUT2D eigenvalue weighted by Crippen LogP contribution is 2.36. The maximum absolute atomic E-state index is 12.3. The van der Waals surface area contributed by atoms with Crippen LogP contribution in [0.25, 0.3) is 11.0 Å². The fourth-order valence-corrected chi connectivity index (χ4v) is 5.19. The third-order valence-corrected chi connectivity index (χ3v) is 6.55. The molecule has 138 valence electrons. The molecule has 0 unspecified atom stereocenters. The molecular weight excluding hydrogens is 469 g/mol. The van der Waals surface area contributed by atoms with E-state index in [9.17, 15) is 9.59 Å². The number of fused-ring (bicyclic) bond motifs is 1. The predicted octanol–water partition coefficient (Wildman–Crippen LogP) is 2.47. The van der Waals surface area contributed by atoms with Crippen LogP contribution in [0.3, 0.4) is 0 Å². The molecule has 0 bridgehead atoms. The van der Waals surface area contributed by atoms with E-state index in [1.54, 1.807) is 11.9 Å². The van der Waals surface area contributed by atoms with E-state index in [0.29, 0.717) is 11.2 Å². The fraction of sp³-hybridized carbons (Fsp3) is 0.529. The first-order valence-electron chi connectivity index (χ1n) is 8.65. The summed E-state index contributed by atoms with van der Waals surface area (Å²) in [6.07, 6.45) is 7.25. The van der Waals surface area contributed by atoms with Crippen molar-refractivity contribution in [2.75, 3.05) is 20.1 Å². The van der Waals surface area contributed by atoms with Gasteiger partial charge in [-0.15, -0.1) is 0 Å². The molecule has 2 aromatic rings. The first kappa shape index (κ1) is 18.0. The average molecular weight is 488 g/mol. The van der Waals surface area contributed by atoms with Crippen molar-refractivity contribution >= 4 is 57.0 Å². The van der Waals surface area contributed by atoms with Crippen molar-refractivity contribution < 1.29 is 9.59 Å². The lowest BCUT2D eigenvalue weighted by Crippen LogP contribution is -2.56. The monoisotopic (exact) mass is 487 g/mol. The highest BCUT2D eigenvalue weighted by Gasteiger charge is 2.35. The second-order valence-corrected chi connectivity index (χ2v) is 8.50. The molecule has 1 saturated carbocycles. The Kier molecular flexibility index (Phi) is 4.81. The minimum Gasteiger partial charge on any atom is -0.335 e. The molecule has 1 aliphatic carbocycles. The van der Waals surface area contributed by atoms with Crippen LogP contribution in [0, 0.1) is 3.57 Å². The van der Waals surface area contributed by atoms with Crippen molar-refractivity contribution in [3.63, 3.8) is 0 Å². The SMILES string of the molecule is CN1CC(=O)N(C2CCC(n3cc(I)c4c(Cl)ncnc43)CC2)CC1=O. The summed E-state index contributed by atoms with van der Waals surface area (Å²) in [6, 6.07) is 0.469. The van der Waals surface area contributed by atoms with Crippen LogP contribution < -0.4 is 0 Å². The summed E-state index contributed by atoms with van der Waals surface area (Å²) in [5.74, 6) is 0.0695. The van der Waals surface area contributed by atoms with Crippen LogP contribution in [0.1, 0.15) is 31.7 Å². The molecule has 1 aliphatic heterocycles. The van der Waals surface area contributed by atoms with Gasteiger partial charge in [0, 0.05) is 28.9 Å². The number of carbonyl (C=O) groups excluding carboxylic acids is 2. The van der Waals surface area contributed by atoms with Gasteiger partial charge in [-0.1, -0.05) is 11.6 Å². The number of hydrogen-bond acceptors (Lipinski definition) is 4. The van der Waals surface area contributed by atoms with E-state index < -0.39 is 0 Å². The van der Waals surface area contributed by atoms with Crippen LogP contribution >= 0.6 is 34.2 Å². The number of likely N-dealkylation sites (N-methyl/N-ethyl adjacent to an activating group) is 1. The molecule has 1 saturated heterocycles. The molecule has 0 radical (unpaired) electrons. The first-order chi connectivity index (χ1) is 12.5. The van der Waals surface area contributed by atoms with Crippen LogP contribution in [0.2, 0.25) is 5.15 Å². The molecule has 0 spiro atoms. The van der Waals surface area contributed by atoms with Crippen LogP contribution in [-0.2, 0) is 9.59 Å². The lowest BCUT2D eigenvalue weighted by molar-refractivity contribution is -0.151. The standard InChI is InChI=1S/C17H19ClIN5O2/c1-22-7-14(26)23(8-13(22)25)10-2-4-11(5-3-10)24-6-12(19)15-16(18)20-9-21-17(15)24/h6,9-11H,2-5,7-8H2,1H3. The number of carbonyl (C=O) groups is 2. The Bertz CT molecular complexity index is 877. The van der Waals surface area contributed by atoms with Crippen LogP contribution in [0.15, 0.2) is 12.5 Å². The largest absolute Gasteiger partial charge is 0.335 e. The first-order valence-corrected chi connectivity index (χ1v) is 10.1. The summed E-state index contributed by atoms with van der Waals surface area (Å²) >= 11 is 8.50. The van der Waals surface area contributed by atoms with Crippen molar-refractivity contribution in [3.05, 3.63) is 21.2 Å². The lowest BCUT2D eigenvalue weighted by Gasteiger charge is -2.40. The van der Waals surface area contributed by atoms with Crippen molar-refractivity contribution in [2.24, 2.45) is 0 Å². The summed E-state index contributed by atoms with van der Waals surface area (Å²) < 4.78 is 3.24. The minimum atomic E-state index is 0.0176. The van der Waals surface area contributed by atoms with Gasteiger partial charge in [0.05, 0.1) is 11.9 Å². The molecule has 2 fully saturated rings. The van der Waals surface area contributed by atoms with E-state index >= 15 is 0 Å². The highest BCUT2D eigenvalue weighted by atomic mass is 127. The molecule has 2 aliphatic rings. The summed E-state index contributed by atoms with van der Waals surface area (Å²) in [6.45, 7) is 0.395. The van der Waals surface area contributed by atoms with E-state index in [4.69, 9.17) is 11.6 Å². The Morgan fingerprint density at radius 2 is 1.77 bits per heavy atom. The quantitative estimate of drug-likeness (QED) is 0.482. The highest BCUT2D eigenvalue weighted by molar-refractivity contribution is 14.1. The molecule has 0 N–H and O–H groups in total. The van der Waals surface area contributed by atoms with E-state index in [-0.39, 0.29) is 30.9 Å². The molecule has 2 aromatic heterocycles. The Balaban J connectivity index is 1.50. The molecule has 3 heterocycles. The lowest BCUT2D eigenvalue weighted by atomic mass is 9.89. The van der Waals surface area contributed by atoms with Gasteiger partial charge in [-0.3, -0.25) is 9.59 Å². The molecule has 7 nitrogen and oxygen atoms in total. The second-order valence-electron chi connectivity index (χ2n) is 6.98. The van der Waals surface area contributed by atoms with Gasteiger partial charge in [0.2, 0.25) is 11.8 Å². The van der Waals surface area contributed by atoms with E-state index in [1.165, 1.54) is 11.2 Å². The van der Waals surface area contributed by atoms with Gasteiger partial charge in [-0.25, -0.2) is 9.97 Å². The van der Waals surface area contributed by atoms with E-state index in [2.05, 4.69) is 43.3 Å². The number of rotatable bonds is 2. The van der Waals surface area contributed by atoms with Gasteiger partial charge in [0.1, 0.15) is 23.7 Å². The smallest absolute Gasteiger partial charge is 0.242 e. The fourth-order valence-electron chi connectivity index (χ4n) is 4.00. The van der Waals surface area contributed by atoms with E-state index in [0.717, 1.165) is 40.3 Å². The zero-order chi connectivity index (χ0) is 18.4. The number of nitrogens with zero attached hydrogens (tertiary/aromatic N) is 5. The Labute approximate surface area is 169 Å². The number of halogens is 2. The summed E-state index contributed by atoms with van der Waals surface area (Å²) in [5.41, 5.74) is 0.865. The van der Waals surface area contributed by atoms with Gasteiger partial charge in [-0.2, -0.15) is 0 Å². The van der Waals surface area contributed by atoms with Gasteiger partial charge >= 0.3 is 0 Å². The molecule has 2 amide bonds. The molecule has 26 heavy (non-hydrogen) atoms. The van der Waals surface area contributed by atoms with Gasteiger partial charge in [0.25, 0.3) is 0 Å². The predicted molar refractivity (Wildman–Crippen MR) is 106 cm³/mol. The van der Waals surface area contributed by atoms with Gasteiger partial charge in [0.15, 0.2) is 0 Å². The number of aromatic nitrogens is 3. The maximum atomic E-state index is 12.3. The van der Waals surface area contributed by atoms with Crippen molar-refractivity contribution in [1.82, 2.24) is 24.3 Å². The Morgan fingerprint density at radius 1 is 1.08 bits per heavy atom. The zero-order valence-electron chi connectivity index (χ0n) is 14.4. The van der Waals surface area contributed by atoms with Crippen molar-refractivity contribution in [2.45, 2.75) is 37.8 Å². The average Bonchev–Trinajstić information content (AvgIpc) is 2.96. The maximum Gasteiger partial charge on any atom is 0.242 e. The third kappa shape index (κ3) is 3.06. The summed E-state index contributed by atoms with van der Waals surface area (Å²) in [7, 11) is 1.68. The Morgan fingerprint density at radius 3 is 2.50 bits per heavy atom. The Hall–Kier alpha value is -1.42. The normalized spacial score (nSPS) is 24.6. The molecule has 9 heteroatoms. The third-order valence-electron chi connectivity index (χ3n) is 5.44. The van der Waals surface area contributed by atoms with Gasteiger partial charge < -0.3 is 14.4 Å². The van der Waals surface area contributed by atoms with Crippen LogP contribution in [0.4, 0.5) is 0 Å². The number of piperazine rings is 1.